The molecule has 0 amide bonds. The summed E-state index contributed by atoms with van der Waals surface area (Å²) in [6, 6.07) is 0. The van der Waals surface area contributed by atoms with Crippen LogP contribution >= 0.6 is 11.8 Å². The van der Waals surface area contributed by atoms with Gasteiger partial charge in [-0.15, -0.1) is 0 Å². The largest absolute Gasteiger partial charge is 0.393 e. The van der Waals surface area contributed by atoms with E-state index in [1.807, 2.05) is 11.8 Å². The molecular formula is C11H23NOS. The van der Waals surface area contributed by atoms with Crippen LogP contribution in [0.5, 0.6) is 0 Å². The molecule has 1 fully saturated rings. The molecule has 3 heteroatoms. The Morgan fingerprint density at radius 1 is 1.50 bits per heavy atom. The molecule has 1 rings (SSSR count). The van der Waals surface area contributed by atoms with Crippen molar-refractivity contribution in [2.24, 2.45) is 11.1 Å². The van der Waals surface area contributed by atoms with Gasteiger partial charge in [0.15, 0.2) is 0 Å². The maximum absolute atomic E-state index is 10.0. The molecule has 1 aliphatic rings. The Morgan fingerprint density at radius 3 is 2.86 bits per heavy atom. The van der Waals surface area contributed by atoms with Gasteiger partial charge in [-0.05, 0) is 37.7 Å². The van der Waals surface area contributed by atoms with Crippen molar-refractivity contribution in [3.8, 4) is 0 Å². The molecule has 2 unspecified atom stereocenters. The van der Waals surface area contributed by atoms with E-state index in [0.717, 1.165) is 19.3 Å². The average Bonchev–Trinajstić information content (AvgIpc) is 2.21. The number of aliphatic hydroxyl groups excluding tert-OH is 1. The molecule has 0 bridgehead atoms. The minimum absolute atomic E-state index is 0.0496. The molecule has 0 aromatic carbocycles. The second-order valence-corrected chi connectivity index (χ2v) is 5.41. The van der Waals surface area contributed by atoms with Crippen molar-refractivity contribution in [3.63, 3.8) is 0 Å². The van der Waals surface area contributed by atoms with Gasteiger partial charge in [-0.3, -0.25) is 0 Å². The lowest BCUT2D eigenvalue weighted by Gasteiger charge is -2.41. The van der Waals surface area contributed by atoms with Gasteiger partial charge >= 0.3 is 0 Å². The lowest BCUT2D eigenvalue weighted by Crippen LogP contribution is -2.44. The first-order valence-electron chi connectivity index (χ1n) is 5.62. The summed E-state index contributed by atoms with van der Waals surface area (Å²) in [5.41, 5.74) is 5.89. The monoisotopic (exact) mass is 217 g/mol. The molecule has 2 atom stereocenters. The van der Waals surface area contributed by atoms with Crippen LogP contribution in [0.2, 0.25) is 0 Å². The van der Waals surface area contributed by atoms with Crippen LogP contribution in [-0.2, 0) is 0 Å². The Balaban J connectivity index is 2.45. The lowest BCUT2D eigenvalue weighted by molar-refractivity contribution is -0.0120. The predicted octanol–water partition coefficient (Wildman–Crippen LogP) is 2.01. The highest BCUT2D eigenvalue weighted by Crippen LogP contribution is 2.39. The summed E-state index contributed by atoms with van der Waals surface area (Å²) in [6.45, 7) is 0.655. The summed E-state index contributed by atoms with van der Waals surface area (Å²) >= 11 is 1.88. The van der Waals surface area contributed by atoms with E-state index in [1.54, 1.807) is 0 Å². The third-order valence-electron chi connectivity index (χ3n) is 3.54. The molecule has 0 aromatic rings. The minimum Gasteiger partial charge on any atom is -0.393 e. The second kappa shape index (κ2) is 5.99. The summed E-state index contributed by atoms with van der Waals surface area (Å²) in [5.74, 6) is 1.19. The van der Waals surface area contributed by atoms with E-state index >= 15 is 0 Å². The predicted molar refractivity (Wildman–Crippen MR) is 63.6 cm³/mol. The van der Waals surface area contributed by atoms with Gasteiger partial charge in [0.2, 0.25) is 0 Å². The van der Waals surface area contributed by atoms with Gasteiger partial charge in [-0.1, -0.05) is 12.8 Å². The zero-order chi connectivity index (χ0) is 10.4. The Bertz CT molecular complexity index is 165. The number of thioether (sulfide) groups is 1. The van der Waals surface area contributed by atoms with E-state index in [0.29, 0.717) is 6.54 Å². The molecule has 2 nitrogen and oxygen atoms in total. The first-order chi connectivity index (χ1) is 6.75. The number of aliphatic hydroxyl groups is 1. The first-order valence-corrected chi connectivity index (χ1v) is 7.01. The highest BCUT2D eigenvalue weighted by molar-refractivity contribution is 7.98. The third kappa shape index (κ3) is 2.88. The quantitative estimate of drug-likeness (QED) is 0.693. The van der Waals surface area contributed by atoms with Crippen LogP contribution in [0, 0.1) is 5.41 Å². The van der Waals surface area contributed by atoms with E-state index in [9.17, 15) is 5.11 Å². The van der Waals surface area contributed by atoms with E-state index < -0.39 is 0 Å². The van der Waals surface area contributed by atoms with Gasteiger partial charge in [0.25, 0.3) is 0 Å². The van der Waals surface area contributed by atoms with Gasteiger partial charge in [0.1, 0.15) is 0 Å². The fraction of sp³-hybridized carbons (Fsp3) is 1.00. The van der Waals surface area contributed by atoms with Gasteiger partial charge in [-0.25, -0.2) is 0 Å². The SMILES string of the molecule is CSCCCC1(CN)CCCCC1O. The smallest absolute Gasteiger partial charge is 0.0608 e. The van der Waals surface area contributed by atoms with Crippen LogP contribution in [0.4, 0.5) is 0 Å². The van der Waals surface area contributed by atoms with Crippen LogP contribution in [0.3, 0.4) is 0 Å². The molecular weight excluding hydrogens is 194 g/mol. The molecule has 0 spiro atoms. The van der Waals surface area contributed by atoms with Gasteiger partial charge in [-0.2, -0.15) is 11.8 Å². The van der Waals surface area contributed by atoms with Crippen molar-refractivity contribution in [1.82, 2.24) is 0 Å². The molecule has 1 aliphatic carbocycles. The molecule has 0 aliphatic heterocycles. The van der Waals surface area contributed by atoms with Crippen LogP contribution in [0.1, 0.15) is 38.5 Å². The third-order valence-corrected chi connectivity index (χ3v) is 4.24. The topological polar surface area (TPSA) is 46.2 Å². The molecule has 1 saturated carbocycles. The fourth-order valence-corrected chi connectivity index (χ4v) is 2.92. The van der Waals surface area contributed by atoms with Crippen molar-refractivity contribution in [3.05, 3.63) is 0 Å². The molecule has 0 saturated heterocycles. The van der Waals surface area contributed by atoms with Crippen LogP contribution < -0.4 is 5.73 Å². The summed E-state index contributed by atoms with van der Waals surface area (Å²) in [5, 5.41) is 10.0. The number of hydrogen-bond donors (Lipinski definition) is 2. The van der Waals surface area contributed by atoms with Crippen LogP contribution in [0.25, 0.3) is 0 Å². The standard InChI is InChI=1S/C11H23NOS/c1-14-8-4-7-11(9-12)6-3-2-5-10(11)13/h10,13H,2-9,12H2,1H3. The maximum atomic E-state index is 10.0. The summed E-state index contributed by atoms with van der Waals surface area (Å²) < 4.78 is 0. The summed E-state index contributed by atoms with van der Waals surface area (Å²) in [7, 11) is 0. The van der Waals surface area contributed by atoms with Crippen molar-refractivity contribution in [1.29, 1.82) is 0 Å². The van der Waals surface area contributed by atoms with Crippen molar-refractivity contribution in [2.45, 2.75) is 44.6 Å². The average molecular weight is 217 g/mol. The van der Waals surface area contributed by atoms with Crippen LogP contribution in [0.15, 0.2) is 0 Å². The van der Waals surface area contributed by atoms with Crippen molar-refractivity contribution < 1.29 is 5.11 Å². The van der Waals surface area contributed by atoms with E-state index in [2.05, 4.69) is 6.26 Å². The fourth-order valence-electron chi connectivity index (χ4n) is 2.49. The summed E-state index contributed by atoms with van der Waals surface area (Å²) in [4.78, 5) is 0. The Labute approximate surface area is 91.6 Å². The van der Waals surface area contributed by atoms with Crippen molar-refractivity contribution in [2.75, 3.05) is 18.6 Å². The van der Waals surface area contributed by atoms with E-state index in [1.165, 1.54) is 25.0 Å². The molecule has 0 heterocycles. The minimum atomic E-state index is -0.150. The number of nitrogens with two attached hydrogens (primary N) is 1. The van der Waals surface area contributed by atoms with Crippen molar-refractivity contribution >= 4 is 11.8 Å². The Hall–Kier alpha value is 0.270. The normalized spacial score (nSPS) is 33.2. The zero-order valence-corrected chi connectivity index (χ0v) is 9.98. The number of rotatable bonds is 5. The Morgan fingerprint density at radius 2 is 2.29 bits per heavy atom. The number of hydrogen-bond acceptors (Lipinski definition) is 3. The Kier molecular flexibility index (Phi) is 5.28. The highest BCUT2D eigenvalue weighted by Gasteiger charge is 2.37. The molecule has 84 valence electrons. The molecule has 0 aromatic heterocycles. The second-order valence-electron chi connectivity index (χ2n) is 4.42. The molecule has 14 heavy (non-hydrogen) atoms. The highest BCUT2D eigenvalue weighted by atomic mass is 32.2. The van der Waals surface area contributed by atoms with Crippen LogP contribution in [-0.4, -0.2) is 29.8 Å². The zero-order valence-electron chi connectivity index (χ0n) is 9.17. The first kappa shape index (κ1) is 12.3. The summed E-state index contributed by atoms with van der Waals surface area (Å²) in [6.07, 6.45) is 8.77. The van der Waals surface area contributed by atoms with E-state index in [4.69, 9.17) is 5.73 Å². The maximum Gasteiger partial charge on any atom is 0.0608 e. The lowest BCUT2D eigenvalue weighted by atomic mass is 9.69. The van der Waals surface area contributed by atoms with Gasteiger partial charge < -0.3 is 10.8 Å². The van der Waals surface area contributed by atoms with Gasteiger partial charge in [0.05, 0.1) is 6.10 Å². The molecule has 0 radical (unpaired) electrons. The van der Waals surface area contributed by atoms with E-state index in [-0.39, 0.29) is 11.5 Å². The molecule has 3 N–H and O–H groups in total. The van der Waals surface area contributed by atoms with Gasteiger partial charge in [0, 0.05) is 12.0 Å².